The molecule has 2 rings (SSSR count). The predicted molar refractivity (Wildman–Crippen MR) is 67.8 cm³/mol. The summed E-state index contributed by atoms with van der Waals surface area (Å²) in [6.45, 7) is 0. The van der Waals surface area contributed by atoms with E-state index in [2.05, 4.69) is 15.9 Å². The Morgan fingerprint density at radius 3 is 2.82 bits per heavy atom. The van der Waals surface area contributed by atoms with Gasteiger partial charge in [0.05, 0.1) is 0 Å². The number of nitrogens with zero attached hydrogens (tertiary/aromatic N) is 1. The summed E-state index contributed by atoms with van der Waals surface area (Å²) in [7, 11) is 0. The summed E-state index contributed by atoms with van der Waals surface area (Å²) in [5, 5.41) is 8.90. The lowest BCUT2D eigenvalue weighted by Crippen LogP contribution is -1.91. The van der Waals surface area contributed by atoms with Crippen LogP contribution in [0.1, 0.15) is 16.1 Å². The molecule has 1 aromatic heterocycles. The van der Waals surface area contributed by atoms with Crippen LogP contribution in [-0.2, 0) is 0 Å². The fourth-order valence-electron chi connectivity index (χ4n) is 1.20. The molecule has 3 nitrogen and oxygen atoms in total. The number of hydrogen-bond acceptors (Lipinski definition) is 4. The third-order valence-electron chi connectivity index (χ3n) is 1.95. The molecule has 0 bridgehead atoms. The number of carbonyl (C=O) groups excluding carboxylic acids is 1. The highest BCUT2D eigenvalue weighted by atomic mass is 79.9. The van der Waals surface area contributed by atoms with Crippen molar-refractivity contribution in [3.63, 3.8) is 0 Å². The van der Waals surface area contributed by atoms with Crippen LogP contribution in [0.2, 0.25) is 0 Å². The van der Waals surface area contributed by atoms with E-state index in [0.717, 1.165) is 16.2 Å². The summed E-state index contributed by atoms with van der Waals surface area (Å²) in [6.07, 6.45) is 0. The van der Waals surface area contributed by atoms with E-state index in [-0.39, 0.29) is 10.9 Å². The standard InChI is InChI=1S/C12H6BrNO2S/c13-9-3-1-2-8(6-9)12(15)17-11-5-4-10(7-14)16-11/h1-6H. The van der Waals surface area contributed by atoms with E-state index in [9.17, 15) is 4.79 Å². The van der Waals surface area contributed by atoms with Crippen LogP contribution in [0, 0.1) is 11.3 Å². The first-order chi connectivity index (χ1) is 8.19. The Morgan fingerprint density at radius 2 is 2.18 bits per heavy atom. The summed E-state index contributed by atoms with van der Waals surface area (Å²) < 4.78 is 5.97. The molecule has 0 amide bonds. The second-order valence-electron chi connectivity index (χ2n) is 3.13. The molecule has 0 saturated heterocycles. The third-order valence-corrected chi connectivity index (χ3v) is 3.28. The van der Waals surface area contributed by atoms with Crippen LogP contribution in [0.5, 0.6) is 0 Å². The zero-order chi connectivity index (χ0) is 12.3. The molecule has 0 aliphatic heterocycles. The molecule has 1 aromatic carbocycles. The molecule has 5 heteroatoms. The number of halogens is 1. The molecule has 1 heterocycles. The number of nitriles is 1. The molecule has 0 saturated carbocycles. The van der Waals surface area contributed by atoms with Crippen molar-refractivity contribution in [2.45, 2.75) is 5.09 Å². The van der Waals surface area contributed by atoms with Gasteiger partial charge in [-0.1, -0.05) is 28.1 Å². The van der Waals surface area contributed by atoms with Gasteiger partial charge in [-0.25, -0.2) is 0 Å². The lowest BCUT2D eigenvalue weighted by Gasteiger charge is -1.98. The van der Waals surface area contributed by atoms with Crippen LogP contribution in [0.15, 0.2) is 50.4 Å². The van der Waals surface area contributed by atoms with E-state index in [0.29, 0.717) is 10.7 Å². The second kappa shape index (κ2) is 5.21. The third kappa shape index (κ3) is 2.99. The Labute approximate surface area is 111 Å². The van der Waals surface area contributed by atoms with E-state index in [4.69, 9.17) is 9.68 Å². The molecule has 2 aromatic rings. The number of carbonyl (C=O) groups is 1. The highest BCUT2D eigenvalue weighted by molar-refractivity contribution is 9.10. The van der Waals surface area contributed by atoms with Gasteiger partial charge in [0.25, 0.3) is 0 Å². The molecular formula is C12H6BrNO2S. The van der Waals surface area contributed by atoms with Gasteiger partial charge in [-0.3, -0.25) is 4.79 Å². The maximum Gasteiger partial charge on any atom is 0.227 e. The van der Waals surface area contributed by atoms with Crippen LogP contribution in [0.3, 0.4) is 0 Å². The molecular weight excluding hydrogens is 302 g/mol. The highest BCUT2D eigenvalue weighted by Gasteiger charge is 2.11. The lowest BCUT2D eigenvalue weighted by molar-refractivity contribution is 0.108. The van der Waals surface area contributed by atoms with Crippen molar-refractivity contribution in [1.82, 2.24) is 0 Å². The second-order valence-corrected chi connectivity index (χ2v) is 5.02. The molecule has 0 unspecified atom stereocenters. The summed E-state index contributed by atoms with van der Waals surface area (Å²) in [5.41, 5.74) is 0.583. The van der Waals surface area contributed by atoms with Crippen LogP contribution in [0.4, 0.5) is 0 Å². The van der Waals surface area contributed by atoms with Crippen molar-refractivity contribution in [2.24, 2.45) is 0 Å². The average Bonchev–Trinajstić information content (AvgIpc) is 2.77. The van der Waals surface area contributed by atoms with Crippen molar-refractivity contribution >= 4 is 32.8 Å². The first kappa shape index (κ1) is 12.0. The van der Waals surface area contributed by atoms with Gasteiger partial charge in [0.15, 0.2) is 5.09 Å². The number of hydrogen-bond donors (Lipinski definition) is 0. The minimum atomic E-state index is -0.120. The van der Waals surface area contributed by atoms with Gasteiger partial charge in [-0.2, -0.15) is 5.26 Å². The van der Waals surface area contributed by atoms with Crippen LogP contribution < -0.4 is 0 Å². The van der Waals surface area contributed by atoms with Crippen molar-refractivity contribution in [3.05, 3.63) is 52.2 Å². The summed E-state index contributed by atoms with van der Waals surface area (Å²) in [4.78, 5) is 11.9. The smallest absolute Gasteiger partial charge is 0.227 e. The van der Waals surface area contributed by atoms with E-state index >= 15 is 0 Å². The normalized spacial score (nSPS) is 9.88. The van der Waals surface area contributed by atoms with E-state index < -0.39 is 0 Å². The molecule has 17 heavy (non-hydrogen) atoms. The summed E-state index contributed by atoms with van der Waals surface area (Å²) >= 11 is 4.27. The SMILES string of the molecule is N#Cc1ccc(SC(=O)c2cccc(Br)c2)o1. The Kier molecular flexibility index (Phi) is 3.67. The molecule has 84 valence electrons. The average molecular weight is 308 g/mol. The van der Waals surface area contributed by atoms with Crippen LogP contribution >= 0.6 is 27.7 Å². The molecule has 0 spiro atoms. The van der Waals surface area contributed by atoms with Crippen molar-refractivity contribution < 1.29 is 9.21 Å². The van der Waals surface area contributed by atoms with Gasteiger partial charge >= 0.3 is 0 Å². The van der Waals surface area contributed by atoms with Gasteiger partial charge in [0.2, 0.25) is 10.9 Å². The molecule has 0 N–H and O–H groups in total. The van der Waals surface area contributed by atoms with E-state index in [1.165, 1.54) is 6.07 Å². The first-order valence-corrected chi connectivity index (χ1v) is 6.27. The van der Waals surface area contributed by atoms with E-state index in [1.807, 2.05) is 12.1 Å². The molecule has 0 fully saturated rings. The van der Waals surface area contributed by atoms with Crippen LogP contribution in [0.25, 0.3) is 0 Å². The topological polar surface area (TPSA) is 54.0 Å². The van der Waals surface area contributed by atoms with Crippen molar-refractivity contribution in [2.75, 3.05) is 0 Å². The van der Waals surface area contributed by atoms with Gasteiger partial charge < -0.3 is 4.42 Å². The maximum atomic E-state index is 11.9. The van der Waals surface area contributed by atoms with E-state index in [1.54, 1.807) is 24.3 Å². The van der Waals surface area contributed by atoms with Gasteiger partial charge in [-0.05, 0) is 36.0 Å². The Bertz CT molecular complexity index is 601. The number of benzene rings is 1. The molecule has 0 aliphatic rings. The summed E-state index contributed by atoms with van der Waals surface area (Å²) in [5.74, 6) is 0.203. The molecule has 0 atom stereocenters. The quantitative estimate of drug-likeness (QED) is 0.791. The zero-order valence-corrected chi connectivity index (χ0v) is 10.9. The Balaban J connectivity index is 2.14. The van der Waals surface area contributed by atoms with Crippen molar-refractivity contribution in [1.29, 1.82) is 5.26 Å². The predicted octanol–water partition coefficient (Wildman–Crippen LogP) is 3.85. The van der Waals surface area contributed by atoms with Gasteiger partial charge in [0, 0.05) is 10.0 Å². The molecule has 0 radical (unpaired) electrons. The van der Waals surface area contributed by atoms with Gasteiger partial charge in [-0.15, -0.1) is 0 Å². The lowest BCUT2D eigenvalue weighted by atomic mass is 10.2. The Morgan fingerprint density at radius 1 is 1.35 bits per heavy atom. The number of rotatable bonds is 2. The summed E-state index contributed by atoms with van der Waals surface area (Å²) in [6, 6.07) is 12.1. The Hall–Kier alpha value is -1.51. The largest absolute Gasteiger partial charge is 0.439 e. The zero-order valence-electron chi connectivity index (χ0n) is 8.51. The van der Waals surface area contributed by atoms with Crippen LogP contribution in [-0.4, -0.2) is 5.12 Å². The first-order valence-electron chi connectivity index (χ1n) is 4.67. The molecule has 0 aliphatic carbocycles. The number of thioether (sulfide) groups is 1. The monoisotopic (exact) mass is 307 g/mol. The van der Waals surface area contributed by atoms with Crippen molar-refractivity contribution in [3.8, 4) is 6.07 Å². The minimum Gasteiger partial charge on any atom is -0.439 e. The van der Waals surface area contributed by atoms with Gasteiger partial charge in [0.1, 0.15) is 6.07 Å². The minimum absolute atomic E-state index is 0.120. The number of furan rings is 1. The fourth-order valence-corrected chi connectivity index (χ4v) is 2.30. The highest BCUT2D eigenvalue weighted by Crippen LogP contribution is 2.25. The fraction of sp³-hybridized carbons (Fsp3) is 0. The maximum absolute atomic E-state index is 11.9.